The third-order valence-electron chi connectivity index (χ3n) is 3.17. The first kappa shape index (κ1) is 14.7. The van der Waals surface area contributed by atoms with E-state index in [0.29, 0.717) is 5.69 Å². The summed E-state index contributed by atoms with van der Waals surface area (Å²) >= 11 is 1.59. The molecule has 1 aromatic rings. The number of aliphatic hydroxyl groups is 1. The van der Waals surface area contributed by atoms with Gasteiger partial charge in [0.1, 0.15) is 6.04 Å². The molecule has 1 unspecified atom stereocenters. The van der Waals surface area contributed by atoms with Crippen molar-refractivity contribution in [3.8, 4) is 0 Å². The Labute approximate surface area is 120 Å². The number of carboxylic acids is 1. The number of nitrogens with one attached hydrogen (secondary N) is 1. The molecule has 0 bridgehead atoms. The van der Waals surface area contributed by atoms with Crippen LogP contribution < -0.4 is 5.32 Å². The molecule has 1 aliphatic rings. The molecule has 1 aliphatic heterocycles. The second kappa shape index (κ2) is 6.15. The number of hydrogen-bond donors (Lipinski definition) is 3. The average Bonchev–Trinajstić information content (AvgIpc) is 2.82. The molecule has 108 valence electrons. The highest BCUT2D eigenvalue weighted by atomic mass is 32.2. The van der Waals surface area contributed by atoms with E-state index < -0.39 is 24.1 Å². The van der Waals surface area contributed by atoms with Gasteiger partial charge in [-0.2, -0.15) is 0 Å². The van der Waals surface area contributed by atoms with E-state index in [9.17, 15) is 14.7 Å². The van der Waals surface area contributed by atoms with Crippen LogP contribution in [0.25, 0.3) is 0 Å². The molecule has 1 aromatic carbocycles. The van der Waals surface area contributed by atoms with Crippen molar-refractivity contribution < 1.29 is 19.8 Å². The fraction of sp³-hybridized carbons (Fsp3) is 0.385. The number of anilines is 1. The molecular weight excluding hydrogens is 280 g/mol. The number of urea groups is 1. The lowest BCUT2D eigenvalue weighted by Gasteiger charge is -2.21. The van der Waals surface area contributed by atoms with Gasteiger partial charge in [-0.3, -0.25) is 0 Å². The molecule has 0 radical (unpaired) electrons. The van der Waals surface area contributed by atoms with Gasteiger partial charge in [0.05, 0.1) is 6.10 Å². The lowest BCUT2D eigenvalue weighted by molar-refractivity contribution is -0.141. The minimum atomic E-state index is -1.10. The Morgan fingerprint density at radius 1 is 1.35 bits per heavy atom. The number of aliphatic hydroxyl groups excluding tert-OH is 1. The lowest BCUT2D eigenvalue weighted by Crippen LogP contribution is -2.43. The van der Waals surface area contributed by atoms with Gasteiger partial charge < -0.3 is 20.4 Å². The summed E-state index contributed by atoms with van der Waals surface area (Å²) in [4.78, 5) is 25.3. The van der Waals surface area contributed by atoms with Crippen LogP contribution in [0.4, 0.5) is 10.5 Å². The van der Waals surface area contributed by atoms with Crippen molar-refractivity contribution in [3.63, 3.8) is 0 Å². The number of hydrogen-bond acceptors (Lipinski definition) is 4. The number of aliphatic carboxylic acids is 1. The molecular formula is C13H16N2O4S. The van der Waals surface area contributed by atoms with Crippen LogP contribution in [0, 0.1) is 0 Å². The molecule has 1 heterocycles. The van der Waals surface area contributed by atoms with Gasteiger partial charge >= 0.3 is 12.0 Å². The number of likely N-dealkylation sites (tertiary alicyclic amines) is 1. The molecule has 0 aliphatic carbocycles. The topological polar surface area (TPSA) is 89.9 Å². The van der Waals surface area contributed by atoms with Gasteiger partial charge in [0.25, 0.3) is 0 Å². The Kier molecular flexibility index (Phi) is 4.51. The molecule has 1 fully saturated rings. The standard InChI is InChI=1S/C13H16N2O4S/c1-20-10-4-2-8(3-5-10)14-13(19)15-7-9(16)6-11(15)12(17)18/h2-5,9,11,16H,6-7H2,1H3,(H,14,19)(H,17,18)/t9?,11-/m0/s1. The fourth-order valence-electron chi connectivity index (χ4n) is 2.14. The molecule has 0 aromatic heterocycles. The molecule has 0 saturated carbocycles. The van der Waals surface area contributed by atoms with Gasteiger partial charge in [-0.15, -0.1) is 11.8 Å². The molecule has 2 rings (SSSR count). The number of carboxylic acid groups (broad SMARTS) is 1. The minimum Gasteiger partial charge on any atom is -0.480 e. The Hall–Kier alpha value is -1.73. The minimum absolute atomic E-state index is 0.0334. The predicted octanol–water partition coefficient (Wildman–Crippen LogP) is 1.46. The van der Waals surface area contributed by atoms with E-state index in [1.165, 1.54) is 0 Å². The first-order valence-electron chi connectivity index (χ1n) is 6.14. The summed E-state index contributed by atoms with van der Waals surface area (Å²) in [6.45, 7) is 0.0334. The Morgan fingerprint density at radius 3 is 2.55 bits per heavy atom. The Bertz CT molecular complexity index is 506. The first-order valence-corrected chi connectivity index (χ1v) is 7.36. The summed E-state index contributed by atoms with van der Waals surface area (Å²) in [5.41, 5.74) is 0.596. The molecule has 2 atom stereocenters. The zero-order valence-corrected chi connectivity index (χ0v) is 11.8. The number of β-amino-alcohol motifs (C(OH)–C–C–N with tert-alkyl or cyclic N) is 1. The zero-order valence-electron chi connectivity index (χ0n) is 10.9. The van der Waals surface area contributed by atoms with Crippen LogP contribution in [0.3, 0.4) is 0 Å². The average molecular weight is 296 g/mol. The molecule has 20 heavy (non-hydrogen) atoms. The van der Waals surface area contributed by atoms with Crippen LogP contribution in [-0.4, -0.2) is 52.1 Å². The van der Waals surface area contributed by atoms with E-state index in [1.54, 1.807) is 23.9 Å². The van der Waals surface area contributed by atoms with Crippen molar-refractivity contribution in [1.82, 2.24) is 4.90 Å². The molecule has 3 N–H and O–H groups in total. The smallest absolute Gasteiger partial charge is 0.326 e. The predicted molar refractivity (Wildman–Crippen MR) is 76.0 cm³/mol. The third kappa shape index (κ3) is 3.23. The van der Waals surface area contributed by atoms with Crippen LogP contribution in [-0.2, 0) is 4.79 Å². The highest BCUT2D eigenvalue weighted by molar-refractivity contribution is 7.98. The summed E-state index contributed by atoms with van der Waals surface area (Å²) in [6.07, 6.45) is 1.23. The highest BCUT2D eigenvalue weighted by Crippen LogP contribution is 2.21. The van der Waals surface area contributed by atoms with E-state index >= 15 is 0 Å². The van der Waals surface area contributed by atoms with Crippen molar-refractivity contribution >= 4 is 29.4 Å². The van der Waals surface area contributed by atoms with Gasteiger partial charge in [0.15, 0.2) is 0 Å². The van der Waals surface area contributed by atoms with Crippen molar-refractivity contribution in [2.75, 3.05) is 18.1 Å². The number of carbonyl (C=O) groups is 2. The number of thioether (sulfide) groups is 1. The van der Waals surface area contributed by atoms with Gasteiger partial charge in [0.2, 0.25) is 0 Å². The molecule has 2 amide bonds. The third-order valence-corrected chi connectivity index (χ3v) is 3.91. The fourth-order valence-corrected chi connectivity index (χ4v) is 2.55. The normalized spacial score (nSPS) is 21.8. The molecule has 1 saturated heterocycles. The molecule has 6 nitrogen and oxygen atoms in total. The number of carbonyl (C=O) groups excluding carboxylic acids is 1. The number of nitrogens with zero attached hydrogens (tertiary/aromatic N) is 1. The monoisotopic (exact) mass is 296 g/mol. The molecule has 0 spiro atoms. The van der Waals surface area contributed by atoms with Crippen molar-refractivity contribution in [3.05, 3.63) is 24.3 Å². The van der Waals surface area contributed by atoms with Crippen LogP contribution in [0.2, 0.25) is 0 Å². The van der Waals surface area contributed by atoms with Crippen LogP contribution >= 0.6 is 11.8 Å². The van der Waals surface area contributed by atoms with Crippen LogP contribution in [0.15, 0.2) is 29.2 Å². The maximum absolute atomic E-state index is 12.1. The Balaban J connectivity index is 2.04. The summed E-state index contributed by atoms with van der Waals surface area (Å²) in [5, 5.41) is 21.2. The zero-order chi connectivity index (χ0) is 14.7. The number of rotatable bonds is 3. The quantitative estimate of drug-likeness (QED) is 0.735. The second-order valence-corrected chi connectivity index (χ2v) is 5.43. The maximum Gasteiger partial charge on any atom is 0.326 e. The SMILES string of the molecule is CSc1ccc(NC(=O)N2CC(O)C[C@H]2C(=O)O)cc1. The second-order valence-electron chi connectivity index (χ2n) is 4.55. The van der Waals surface area contributed by atoms with E-state index in [-0.39, 0.29) is 13.0 Å². The van der Waals surface area contributed by atoms with Gasteiger partial charge in [-0.1, -0.05) is 0 Å². The summed E-state index contributed by atoms with van der Waals surface area (Å²) in [5.74, 6) is -1.10. The van der Waals surface area contributed by atoms with Crippen molar-refractivity contribution in [2.24, 2.45) is 0 Å². The first-order chi connectivity index (χ1) is 9.51. The van der Waals surface area contributed by atoms with Crippen molar-refractivity contribution in [2.45, 2.75) is 23.5 Å². The van der Waals surface area contributed by atoms with Crippen LogP contribution in [0.5, 0.6) is 0 Å². The summed E-state index contributed by atoms with van der Waals surface area (Å²) in [6, 6.07) is 5.76. The maximum atomic E-state index is 12.1. The van der Waals surface area contributed by atoms with Crippen LogP contribution in [0.1, 0.15) is 6.42 Å². The van der Waals surface area contributed by atoms with Gasteiger partial charge in [0, 0.05) is 23.5 Å². The van der Waals surface area contributed by atoms with Gasteiger partial charge in [-0.05, 0) is 30.5 Å². The van der Waals surface area contributed by atoms with Gasteiger partial charge in [-0.25, -0.2) is 9.59 Å². The highest BCUT2D eigenvalue weighted by Gasteiger charge is 2.38. The lowest BCUT2D eigenvalue weighted by atomic mass is 10.2. The Morgan fingerprint density at radius 2 is 2.00 bits per heavy atom. The van der Waals surface area contributed by atoms with E-state index in [1.807, 2.05) is 18.4 Å². The summed E-state index contributed by atoms with van der Waals surface area (Å²) < 4.78 is 0. The molecule has 7 heteroatoms. The van der Waals surface area contributed by atoms with E-state index in [2.05, 4.69) is 5.32 Å². The summed E-state index contributed by atoms with van der Waals surface area (Å²) in [7, 11) is 0. The van der Waals surface area contributed by atoms with E-state index in [4.69, 9.17) is 5.11 Å². The number of benzene rings is 1. The largest absolute Gasteiger partial charge is 0.480 e. The van der Waals surface area contributed by atoms with Crippen molar-refractivity contribution in [1.29, 1.82) is 0 Å². The number of amides is 2. The van der Waals surface area contributed by atoms with E-state index in [0.717, 1.165) is 9.80 Å².